The zero-order valence-corrected chi connectivity index (χ0v) is 29.2. The van der Waals surface area contributed by atoms with Crippen molar-refractivity contribution in [2.75, 3.05) is 45.8 Å². The van der Waals surface area contributed by atoms with E-state index in [2.05, 4.69) is 55.6 Å². The second-order valence-corrected chi connectivity index (χ2v) is 14.5. The van der Waals surface area contributed by atoms with E-state index in [1.165, 1.54) is 13.0 Å². The number of nitrogens with zero attached hydrogens (tertiary/aromatic N) is 3. The number of piperidine rings is 1. The Morgan fingerprint density at radius 3 is 1.92 bits per heavy atom. The first kappa shape index (κ1) is 34.8. The van der Waals surface area contributed by atoms with E-state index >= 15 is 0 Å². The molecule has 0 saturated carbocycles. The Bertz CT molecular complexity index is 1470. The van der Waals surface area contributed by atoms with Crippen molar-refractivity contribution >= 4 is 17.7 Å². The van der Waals surface area contributed by atoms with Crippen LogP contribution in [-0.4, -0.2) is 101 Å². The number of rotatable bonds is 11. The molecule has 3 saturated heterocycles. The van der Waals surface area contributed by atoms with E-state index in [-0.39, 0.29) is 37.1 Å². The Hall–Kier alpha value is -4.01. The fourth-order valence-corrected chi connectivity index (χ4v) is 8.89. The second kappa shape index (κ2) is 15.3. The van der Waals surface area contributed by atoms with Crippen LogP contribution in [0.5, 0.6) is 0 Å². The van der Waals surface area contributed by atoms with Gasteiger partial charge in [0.2, 0.25) is 17.7 Å². The van der Waals surface area contributed by atoms with Crippen molar-refractivity contribution in [3.63, 3.8) is 0 Å². The van der Waals surface area contributed by atoms with Gasteiger partial charge in [0.1, 0.15) is 12.1 Å². The molecule has 260 valence electrons. The van der Waals surface area contributed by atoms with Crippen LogP contribution in [0, 0.1) is 5.92 Å². The van der Waals surface area contributed by atoms with Gasteiger partial charge in [-0.05, 0) is 56.2 Å². The topological polar surface area (TPSA) is 89.9 Å². The molecule has 3 aromatic rings. The molecule has 0 radical (unpaired) electrons. The third-order valence-corrected chi connectivity index (χ3v) is 11.7. The van der Waals surface area contributed by atoms with E-state index in [0.29, 0.717) is 25.4 Å². The standard InChI is InChI=1S/C41H52N4O4/c1-3-45(4-2)25-15-16-31(30-45)28-42-39(48)36-23-14-24-43(36)40(49)37-26-35(46)29-44(37)38(47)27-41(32-17-8-5-9-18-32,33-19-10-6-11-20-33)34-21-12-7-13-22-34/h5-13,17-22,31,35-37,46H,3-4,14-16,23-30H2,1-2H3/p+1/t31-,35-,36-,37+/m1/s1. The minimum atomic E-state index is -0.818. The van der Waals surface area contributed by atoms with Crippen molar-refractivity contribution in [1.82, 2.24) is 15.1 Å². The maximum absolute atomic E-state index is 14.6. The lowest BCUT2D eigenvalue weighted by molar-refractivity contribution is -0.932. The molecule has 0 aromatic heterocycles. The summed E-state index contributed by atoms with van der Waals surface area (Å²) >= 11 is 0. The van der Waals surface area contributed by atoms with Crippen LogP contribution in [0.4, 0.5) is 0 Å². The maximum atomic E-state index is 14.6. The van der Waals surface area contributed by atoms with Gasteiger partial charge in [0, 0.05) is 38.4 Å². The summed E-state index contributed by atoms with van der Waals surface area (Å²) in [4.78, 5) is 45.8. The summed E-state index contributed by atoms with van der Waals surface area (Å²) in [5.41, 5.74) is 2.12. The van der Waals surface area contributed by atoms with Gasteiger partial charge >= 0.3 is 0 Å². The van der Waals surface area contributed by atoms with Gasteiger partial charge in [-0.15, -0.1) is 0 Å². The van der Waals surface area contributed by atoms with Crippen molar-refractivity contribution in [2.45, 2.75) is 76.0 Å². The van der Waals surface area contributed by atoms with Crippen LogP contribution >= 0.6 is 0 Å². The smallest absolute Gasteiger partial charge is 0.246 e. The predicted molar refractivity (Wildman–Crippen MR) is 191 cm³/mol. The minimum absolute atomic E-state index is 0.0857. The van der Waals surface area contributed by atoms with E-state index in [1.54, 1.807) is 9.80 Å². The highest BCUT2D eigenvalue weighted by Crippen LogP contribution is 2.43. The molecule has 3 heterocycles. The number of hydrogen-bond donors (Lipinski definition) is 2. The van der Waals surface area contributed by atoms with Gasteiger partial charge in [0.25, 0.3) is 0 Å². The van der Waals surface area contributed by atoms with Gasteiger partial charge in [-0.2, -0.15) is 0 Å². The van der Waals surface area contributed by atoms with Gasteiger partial charge in [0.15, 0.2) is 0 Å². The van der Waals surface area contributed by atoms with Crippen LogP contribution in [0.2, 0.25) is 0 Å². The normalized spacial score (nSPS) is 23.7. The second-order valence-electron chi connectivity index (χ2n) is 14.5. The lowest BCUT2D eigenvalue weighted by Crippen LogP contribution is -2.56. The molecular weight excluding hydrogens is 612 g/mol. The summed E-state index contributed by atoms with van der Waals surface area (Å²) in [6.45, 7) is 10.2. The third-order valence-electron chi connectivity index (χ3n) is 11.7. The van der Waals surface area contributed by atoms with E-state index in [1.807, 2.05) is 54.6 Å². The molecule has 0 bridgehead atoms. The molecule has 2 N–H and O–H groups in total. The van der Waals surface area contributed by atoms with Gasteiger partial charge in [-0.25, -0.2) is 0 Å². The summed E-state index contributed by atoms with van der Waals surface area (Å²) < 4.78 is 1.10. The number of nitrogens with one attached hydrogen (secondary N) is 1. The molecule has 49 heavy (non-hydrogen) atoms. The molecule has 0 unspecified atom stereocenters. The van der Waals surface area contributed by atoms with Crippen molar-refractivity contribution < 1.29 is 24.0 Å². The Morgan fingerprint density at radius 2 is 1.37 bits per heavy atom. The van der Waals surface area contributed by atoms with E-state index < -0.39 is 23.6 Å². The van der Waals surface area contributed by atoms with E-state index in [4.69, 9.17) is 0 Å². The van der Waals surface area contributed by atoms with Crippen molar-refractivity contribution in [3.05, 3.63) is 108 Å². The Labute approximate surface area is 291 Å². The molecule has 3 aromatic carbocycles. The number of amides is 3. The van der Waals surface area contributed by atoms with E-state index in [9.17, 15) is 19.5 Å². The summed E-state index contributed by atoms with van der Waals surface area (Å²) in [5, 5.41) is 14.1. The maximum Gasteiger partial charge on any atom is 0.246 e. The van der Waals surface area contributed by atoms with Gasteiger partial charge in [-0.1, -0.05) is 91.0 Å². The first-order chi connectivity index (χ1) is 23.8. The lowest BCUT2D eigenvalue weighted by atomic mass is 9.67. The largest absolute Gasteiger partial charge is 0.391 e. The Balaban J connectivity index is 1.22. The molecule has 8 heteroatoms. The molecule has 3 aliphatic rings. The van der Waals surface area contributed by atoms with Crippen LogP contribution in [-0.2, 0) is 19.8 Å². The highest BCUT2D eigenvalue weighted by Gasteiger charge is 2.47. The van der Waals surface area contributed by atoms with Crippen LogP contribution < -0.4 is 5.32 Å². The van der Waals surface area contributed by atoms with Crippen LogP contribution in [0.25, 0.3) is 0 Å². The number of quaternary nitrogens is 1. The third kappa shape index (κ3) is 7.17. The number of likely N-dealkylation sites (tertiary alicyclic amines) is 3. The number of aliphatic hydroxyl groups is 1. The number of benzene rings is 3. The average molecular weight is 666 g/mol. The number of carbonyl (C=O) groups excluding carboxylic acids is 3. The highest BCUT2D eigenvalue weighted by molar-refractivity contribution is 5.93. The van der Waals surface area contributed by atoms with Gasteiger partial charge in [0.05, 0.1) is 37.7 Å². The van der Waals surface area contributed by atoms with Gasteiger partial charge in [-0.3, -0.25) is 14.4 Å². The molecule has 3 amide bonds. The van der Waals surface area contributed by atoms with Crippen LogP contribution in [0.15, 0.2) is 91.0 Å². The lowest BCUT2D eigenvalue weighted by Gasteiger charge is -2.43. The molecular formula is C41H53N4O4+. The SMILES string of the molecule is CC[N+]1(CC)CCC[C@H](CNC(=O)[C@H]2CCCN2C(=O)[C@@H]2C[C@@H](O)CN2C(=O)CC(c2ccccc2)(c2ccccc2)c2ccccc2)C1. The minimum Gasteiger partial charge on any atom is -0.391 e. The quantitative estimate of drug-likeness (QED) is 0.229. The zero-order valence-electron chi connectivity index (χ0n) is 29.2. The first-order valence-corrected chi connectivity index (χ1v) is 18.4. The molecule has 3 aliphatic heterocycles. The summed E-state index contributed by atoms with van der Waals surface area (Å²) in [6, 6.07) is 28.8. The highest BCUT2D eigenvalue weighted by atomic mass is 16.3. The predicted octanol–water partition coefficient (Wildman–Crippen LogP) is 4.75. The molecule has 8 nitrogen and oxygen atoms in total. The first-order valence-electron chi connectivity index (χ1n) is 18.4. The number of carbonyl (C=O) groups is 3. The van der Waals surface area contributed by atoms with E-state index in [0.717, 1.165) is 53.6 Å². The van der Waals surface area contributed by atoms with Crippen molar-refractivity contribution in [1.29, 1.82) is 0 Å². The summed E-state index contributed by atoms with van der Waals surface area (Å²) in [5.74, 6) is -0.106. The van der Waals surface area contributed by atoms with Crippen LogP contribution in [0.3, 0.4) is 0 Å². The Morgan fingerprint density at radius 1 is 0.796 bits per heavy atom. The fraction of sp³-hybridized carbons (Fsp3) is 0.488. The molecule has 0 spiro atoms. The molecule has 3 fully saturated rings. The summed E-state index contributed by atoms with van der Waals surface area (Å²) in [6.07, 6.45) is 3.07. The Kier molecular flexibility index (Phi) is 10.8. The average Bonchev–Trinajstić information content (AvgIpc) is 3.81. The molecule has 0 aliphatic carbocycles. The van der Waals surface area contributed by atoms with Crippen molar-refractivity contribution in [3.8, 4) is 0 Å². The van der Waals surface area contributed by atoms with Crippen LogP contribution in [0.1, 0.15) is 69.1 Å². The number of aliphatic hydroxyl groups excluding tert-OH is 1. The van der Waals surface area contributed by atoms with Crippen molar-refractivity contribution in [2.24, 2.45) is 5.92 Å². The molecule has 6 rings (SSSR count). The molecule has 4 atom stereocenters. The zero-order chi connectivity index (χ0) is 34.4. The number of hydrogen-bond acceptors (Lipinski definition) is 4. The summed E-state index contributed by atoms with van der Waals surface area (Å²) in [7, 11) is 0. The van der Waals surface area contributed by atoms with Gasteiger partial charge < -0.3 is 24.7 Å². The number of β-amino-alcohol motifs (C(OH)–C–C–N with tert-alkyl or cyclic N) is 1. The monoisotopic (exact) mass is 665 g/mol. The fourth-order valence-electron chi connectivity index (χ4n) is 8.89.